The molecular formula is C20H24N2O5S. The molecule has 0 spiro atoms. The van der Waals surface area contributed by atoms with Crippen LogP contribution in [-0.4, -0.2) is 26.9 Å². The van der Waals surface area contributed by atoms with Crippen molar-refractivity contribution in [1.29, 1.82) is 0 Å². The van der Waals surface area contributed by atoms with E-state index in [1.165, 1.54) is 12.1 Å². The molecule has 0 saturated carbocycles. The van der Waals surface area contributed by atoms with Crippen molar-refractivity contribution in [3.8, 4) is 0 Å². The standard InChI is InChI=1S/C20H24N2O5S/c1-14(15-9-11-17(12-10-15)28(21,25)26)22-18(23)13-27-19(24)20(2,3)16-7-5-4-6-8-16/h4-12,14H,13H2,1-3H3,(H,22,23)(H2,21,25,26)/t14-/m0/s1. The first-order valence-corrected chi connectivity index (χ1v) is 10.2. The van der Waals surface area contributed by atoms with E-state index in [1.807, 2.05) is 30.3 Å². The van der Waals surface area contributed by atoms with E-state index in [9.17, 15) is 18.0 Å². The first kappa shape index (κ1) is 21.6. The molecule has 150 valence electrons. The second-order valence-corrected chi connectivity index (χ2v) is 8.53. The van der Waals surface area contributed by atoms with Gasteiger partial charge in [0, 0.05) is 0 Å². The van der Waals surface area contributed by atoms with E-state index in [4.69, 9.17) is 9.88 Å². The highest BCUT2D eigenvalue weighted by molar-refractivity contribution is 7.89. The molecule has 0 radical (unpaired) electrons. The highest BCUT2D eigenvalue weighted by Crippen LogP contribution is 2.24. The fourth-order valence-electron chi connectivity index (χ4n) is 2.60. The fourth-order valence-corrected chi connectivity index (χ4v) is 3.11. The normalized spacial score (nSPS) is 12.9. The van der Waals surface area contributed by atoms with Gasteiger partial charge < -0.3 is 10.1 Å². The first-order chi connectivity index (χ1) is 13.0. The van der Waals surface area contributed by atoms with Gasteiger partial charge in [-0.3, -0.25) is 9.59 Å². The van der Waals surface area contributed by atoms with Gasteiger partial charge in [0.25, 0.3) is 5.91 Å². The van der Waals surface area contributed by atoms with E-state index in [-0.39, 0.29) is 4.90 Å². The summed E-state index contributed by atoms with van der Waals surface area (Å²) in [4.78, 5) is 24.5. The molecule has 0 unspecified atom stereocenters. The van der Waals surface area contributed by atoms with Gasteiger partial charge >= 0.3 is 5.97 Å². The molecule has 0 aliphatic heterocycles. The first-order valence-electron chi connectivity index (χ1n) is 8.66. The predicted octanol–water partition coefficient (Wildman–Crippen LogP) is 2.03. The van der Waals surface area contributed by atoms with Crippen molar-refractivity contribution in [3.05, 3.63) is 65.7 Å². The van der Waals surface area contributed by atoms with Gasteiger partial charge in [-0.25, -0.2) is 13.6 Å². The highest BCUT2D eigenvalue weighted by atomic mass is 32.2. The summed E-state index contributed by atoms with van der Waals surface area (Å²) in [7, 11) is -3.77. The number of benzene rings is 2. The van der Waals surface area contributed by atoms with Crippen molar-refractivity contribution in [2.24, 2.45) is 5.14 Å². The van der Waals surface area contributed by atoms with Crippen molar-refractivity contribution in [2.75, 3.05) is 6.61 Å². The molecule has 2 aromatic carbocycles. The number of primary sulfonamides is 1. The van der Waals surface area contributed by atoms with E-state index >= 15 is 0 Å². The number of carbonyl (C=O) groups is 2. The van der Waals surface area contributed by atoms with E-state index in [1.54, 1.807) is 32.9 Å². The van der Waals surface area contributed by atoms with Crippen LogP contribution in [0.15, 0.2) is 59.5 Å². The fraction of sp³-hybridized carbons (Fsp3) is 0.300. The van der Waals surface area contributed by atoms with Gasteiger partial charge in [0.15, 0.2) is 6.61 Å². The summed E-state index contributed by atoms with van der Waals surface area (Å²) in [5.41, 5.74) is 0.608. The molecule has 0 aliphatic rings. The average Bonchev–Trinajstić information content (AvgIpc) is 2.66. The molecule has 3 N–H and O–H groups in total. The van der Waals surface area contributed by atoms with Crippen LogP contribution in [0.25, 0.3) is 0 Å². The molecule has 0 fully saturated rings. The molecule has 2 rings (SSSR count). The lowest BCUT2D eigenvalue weighted by Crippen LogP contribution is -2.36. The zero-order chi connectivity index (χ0) is 20.9. The van der Waals surface area contributed by atoms with E-state index in [0.29, 0.717) is 5.56 Å². The predicted molar refractivity (Wildman–Crippen MR) is 105 cm³/mol. The van der Waals surface area contributed by atoms with Gasteiger partial charge in [-0.1, -0.05) is 42.5 Å². The summed E-state index contributed by atoms with van der Waals surface area (Å²) < 4.78 is 27.7. The zero-order valence-corrected chi connectivity index (χ0v) is 16.8. The molecule has 1 atom stereocenters. The van der Waals surface area contributed by atoms with Crippen LogP contribution >= 0.6 is 0 Å². The largest absolute Gasteiger partial charge is 0.455 e. The molecule has 0 bridgehead atoms. The van der Waals surface area contributed by atoms with Crippen molar-refractivity contribution < 1.29 is 22.7 Å². The Morgan fingerprint density at radius 1 is 1.07 bits per heavy atom. The second-order valence-electron chi connectivity index (χ2n) is 6.97. The maximum absolute atomic E-state index is 12.4. The van der Waals surface area contributed by atoms with Gasteiger partial charge in [0.05, 0.1) is 16.4 Å². The van der Waals surface area contributed by atoms with E-state index < -0.39 is 40.0 Å². The van der Waals surface area contributed by atoms with Crippen LogP contribution in [0.1, 0.15) is 37.9 Å². The van der Waals surface area contributed by atoms with Crippen LogP contribution in [0, 0.1) is 0 Å². The van der Waals surface area contributed by atoms with E-state index in [2.05, 4.69) is 5.32 Å². The highest BCUT2D eigenvalue weighted by Gasteiger charge is 2.31. The Morgan fingerprint density at radius 2 is 1.64 bits per heavy atom. The molecule has 1 amide bonds. The molecule has 28 heavy (non-hydrogen) atoms. The third-order valence-electron chi connectivity index (χ3n) is 4.43. The molecule has 0 saturated heterocycles. The summed E-state index contributed by atoms with van der Waals surface area (Å²) in [6.07, 6.45) is 0. The maximum Gasteiger partial charge on any atom is 0.316 e. The molecule has 7 nitrogen and oxygen atoms in total. The Balaban J connectivity index is 1.92. The lowest BCUT2D eigenvalue weighted by Gasteiger charge is -2.23. The number of carbonyl (C=O) groups excluding carboxylic acids is 2. The number of hydrogen-bond acceptors (Lipinski definition) is 5. The summed E-state index contributed by atoms with van der Waals surface area (Å²) >= 11 is 0. The Labute approximate surface area is 164 Å². The third kappa shape index (κ3) is 5.40. The minimum Gasteiger partial charge on any atom is -0.455 e. The molecule has 2 aromatic rings. The Morgan fingerprint density at radius 3 is 2.18 bits per heavy atom. The lowest BCUT2D eigenvalue weighted by atomic mass is 9.85. The smallest absolute Gasteiger partial charge is 0.316 e. The summed E-state index contributed by atoms with van der Waals surface area (Å²) in [5, 5.41) is 7.77. The van der Waals surface area contributed by atoms with E-state index in [0.717, 1.165) is 5.56 Å². The monoisotopic (exact) mass is 404 g/mol. The Hall–Kier alpha value is -2.71. The van der Waals surface area contributed by atoms with Crippen molar-refractivity contribution >= 4 is 21.9 Å². The van der Waals surface area contributed by atoms with Crippen molar-refractivity contribution in [2.45, 2.75) is 37.1 Å². The van der Waals surface area contributed by atoms with Crippen LogP contribution in [0.3, 0.4) is 0 Å². The van der Waals surface area contributed by atoms with Gasteiger partial charge in [-0.2, -0.15) is 0 Å². The maximum atomic E-state index is 12.4. The van der Waals surface area contributed by atoms with Crippen LogP contribution in [-0.2, 0) is 29.8 Å². The van der Waals surface area contributed by atoms with Gasteiger partial charge in [-0.15, -0.1) is 0 Å². The quantitative estimate of drug-likeness (QED) is 0.685. The number of rotatable bonds is 7. The SMILES string of the molecule is C[C@H](NC(=O)COC(=O)C(C)(C)c1ccccc1)c1ccc(S(N)(=O)=O)cc1. The number of esters is 1. The van der Waals surface area contributed by atoms with Crippen LogP contribution in [0.5, 0.6) is 0 Å². The van der Waals surface area contributed by atoms with Crippen molar-refractivity contribution in [3.63, 3.8) is 0 Å². The van der Waals surface area contributed by atoms with Crippen LogP contribution in [0.2, 0.25) is 0 Å². The second kappa shape index (κ2) is 8.53. The number of hydrogen-bond donors (Lipinski definition) is 2. The molecule has 8 heteroatoms. The third-order valence-corrected chi connectivity index (χ3v) is 5.36. The zero-order valence-electron chi connectivity index (χ0n) is 16.0. The van der Waals surface area contributed by atoms with Gasteiger partial charge in [0.1, 0.15) is 0 Å². The topological polar surface area (TPSA) is 116 Å². The summed E-state index contributed by atoms with van der Waals surface area (Å²) in [5.74, 6) is -0.959. The van der Waals surface area contributed by atoms with Crippen LogP contribution in [0.4, 0.5) is 0 Å². The Bertz CT molecular complexity index is 938. The molecule has 0 heterocycles. The number of ether oxygens (including phenoxy) is 1. The molecule has 0 aliphatic carbocycles. The number of amides is 1. The van der Waals surface area contributed by atoms with Gasteiger partial charge in [0.2, 0.25) is 10.0 Å². The minimum absolute atomic E-state index is 0.00755. The van der Waals surface area contributed by atoms with Gasteiger partial charge in [-0.05, 0) is 44.0 Å². The lowest BCUT2D eigenvalue weighted by molar-refractivity contribution is -0.153. The number of nitrogens with two attached hydrogens (primary N) is 1. The number of sulfonamides is 1. The summed E-state index contributed by atoms with van der Waals surface area (Å²) in [6.45, 7) is 4.80. The Kier molecular flexibility index (Phi) is 6.58. The molecule has 0 aromatic heterocycles. The van der Waals surface area contributed by atoms with Crippen molar-refractivity contribution in [1.82, 2.24) is 5.32 Å². The average molecular weight is 404 g/mol. The minimum atomic E-state index is -3.77. The number of nitrogens with one attached hydrogen (secondary N) is 1. The summed E-state index contributed by atoms with van der Waals surface area (Å²) in [6, 6.07) is 14.6. The van der Waals surface area contributed by atoms with Crippen LogP contribution < -0.4 is 10.5 Å². The molecular weight excluding hydrogens is 380 g/mol.